The summed E-state index contributed by atoms with van der Waals surface area (Å²) in [4.78, 5) is 27.6. The molecule has 0 saturated heterocycles. The van der Waals surface area contributed by atoms with Gasteiger partial charge in [-0.2, -0.15) is 0 Å². The van der Waals surface area contributed by atoms with Crippen molar-refractivity contribution >= 4 is 27.7 Å². The summed E-state index contributed by atoms with van der Waals surface area (Å²) in [6.07, 6.45) is 2.00. The third-order valence-electron chi connectivity index (χ3n) is 6.73. The van der Waals surface area contributed by atoms with Gasteiger partial charge in [0.15, 0.2) is 0 Å². The molecule has 0 aliphatic rings. The molecule has 39 heavy (non-hydrogen) atoms. The van der Waals surface area contributed by atoms with Gasteiger partial charge in [-0.1, -0.05) is 74.8 Å². The average molecular weight is 555 g/mol. The molecule has 9 nitrogen and oxygen atoms in total. The van der Waals surface area contributed by atoms with Crippen molar-refractivity contribution in [2.24, 2.45) is 5.92 Å². The van der Waals surface area contributed by atoms with Crippen molar-refractivity contribution in [1.82, 2.24) is 15.4 Å². The highest BCUT2D eigenvalue weighted by molar-refractivity contribution is 7.92. The molecule has 0 aliphatic heterocycles. The minimum absolute atomic E-state index is 0.0660. The van der Waals surface area contributed by atoms with E-state index in [9.17, 15) is 18.0 Å². The number of benzene rings is 2. The van der Waals surface area contributed by atoms with Gasteiger partial charge in [0.25, 0.3) is 10.0 Å². The first-order valence-electron chi connectivity index (χ1n) is 13.1. The Hall–Kier alpha value is -3.66. The maximum atomic E-state index is 13.3. The maximum Gasteiger partial charge on any atom is 0.264 e. The molecule has 0 saturated carbocycles. The lowest BCUT2D eigenvalue weighted by atomic mass is 9.99. The van der Waals surface area contributed by atoms with Crippen LogP contribution < -0.4 is 10.0 Å². The molecule has 0 spiro atoms. The van der Waals surface area contributed by atoms with Gasteiger partial charge < -0.3 is 14.7 Å². The monoisotopic (exact) mass is 554 g/mol. The van der Waals surface area contributed by atoms with Crippen LogP contribution in [-0.4, -0.2) is 43.4 Å². The Balaban J connectivity index is 1.91. The zero-order chi connectivity index (χ0) is 28.7. The summed E-state index contributed by atoms with van der Waals surface area (Å²) in [5, 5.41) is 6.51. The van der Waals surface area contributed by atoms with Gasteiger partial charge >= 0.3 is 0 Å². The topological polar surface area (TPSA) is 122 Å². The Morgan fingerprint density at radius 2 is 1.72 bits per heavy atom. The lowest BCUT2D eigenvalue weighted by molar-refractivity contribution is -0.142. The van der Waals surface area contributed by atoms with Crippen molar-refractivity contribution in [2.45, 2.75) is 71.4 Å². The SMILES string of the molecule is CCCCC(=O)N(Cc1ccc(-c2ccccc2S(=O)(=O)Nc2onc(C)c2C)cc1)[C@H](C(=O)NC)C(C)C. The fourth-order valence-electron chi connectivity index (χ4n) is 4.38. The molecule has 0 radical (unpaired) electrons. The number of rotatable bonds is 12. The number of aromatic nitrogens is 1. The zero-order valence-corrected chi connectivity index (χ0v) is 24.3. The Labute approximate surface area is 231 Å². The first kappa shape index (κ1) is 29.9. The van der Waals surface area contributed by atoms with Crippen molar-refractivity contribution in [3.8, 4) is 11.1 Å². The first-order chi connectivity index (χ1) is 18.5. The van der Waals surface area contributed by atoms with Crippen LogP contribution in [0.3, 0.4) is 0 Å². The van der Waals surface area contributed by atoms with Crippen molar-refractivity contribution in [3.63, 3.8) is 0 Å². The second-order valence-electron chi connectivity index (χ2n) is 9.95. The molecule has 2 aromatic carbocycles. The Morgan fingerprint density at radius 3 is 2.28 bits per heavy atom. The smallest absolute Gasteiger partial charge is 0.264 e. The van der Waals surface area contributed by atoms with E-state index in [1.165, 1.54) is 6.07 Å². The summed E-state index contributed by atoms with van der Waals surface area (Å²) in [6, 6.07) is 13.5. The van der Waals surface area contributed by atoms with E-state index >= 15 is 0 Å². The largest absolute Gasteiger partial charge is 0.357 e. The maximum absolute atomic E-state index is 13.3. The van der Waals surface area contributed by atoms with Crippen LogP contribution in [0, 0.1) is 19.8 Å². The van der Waals surface area contributed by atoms with E-state index in [2.05, 4.69) is 15.2 Å². The summed E-state index contributed by atoms with van der Waals surface area (Å²) in [6.45, 7) is 9.62. The number of aryl methyl sites for hydroxylation is 1. The number of nitrogens with one attached hydrogen (secondary N) is 2. The number of hydrogen-bond acceptors (Lipinski definition) is 6. The third kappa shape index (κ3) is 7.06. The minimum Gasteiger partial charge on any atom is -0.357 e. The fraction of sp³-hybridized carbons (Fsp3) is 0.414. The number of hydrogen-bond donors (Lipinski definition) is 2. The van der Waals surface area contributed by atoms with Gasteiger partial charge in [-0.15, -0.1) is 0 Å². The number of anilines is 1. The van der Waals surface area contributed by atoms with E-state index in [1.807, 2.05) is 45.0 Å². The second-order valence-corrected chi connectivity index (χ2v) is 11.6. The molecule has 1 aromatic heterocycles. The van der Waals surface area contributed by atoms with Crippen LogP contribution in [-0.2, 0) is 26.2 Å². The van der Waals surface area contributed by atoms with E-state index in [1.54, 1.807) is 44.0 Å². The number of sulfonamides is 1. The quantitative estimate of drug-likeness (QED) is 0.323. The predicted octanol–water partition coefficient (Wildman–Crippen LogP) is 5.05. The Kier molecular flexibility index (Phi) is 9.91. The lowest BCUT2D eigenvalue weighted by Crippen LogP contribution is -2.51. The van der Waals surface area contributed by atoms with Crippen molar-refractivity contribution in [2.75, 3.05) is 11.8 Å². The molecular formula is C29H38N4O5S. The van der Waals surface area contributed by atoms with Gasteiger partial charge in [-0.3, -0.25) is 9.59 Å². The van der Waals surface area contributed by atoms with E-state index in [0.717, 1.165) is 18.4 Å². The fourth-order valence-corrected chi connectivity index (χ4v) is 5.66. The third-order valence-corrected chi connectivity index (χ3v) is 8.11. The van der Waals surface area contributed by atoms with Crippen LogP contribution in [0.2, 0.25) is 0 Å². The number of carbonyl (C=O) groups excluding carboxylic acids is 2. The molecule has 1 heterocycles. The predicted molar refractivity (Wildman–Crippen MR) is 151 cm³/mol. The van der Waals surface area contributed by atoms with Crippen LogP contribution in [0.15, 0.2) is 57.9 Å². The van der Waals surface area contributed by atoms with E-state index in [-0.39, 0.29) is 35.1 Å². The van der Waals surface area contributed by atoms with Crippen LogP contribution in [0.1, 0.15) is 56.9 Å². The van der Waals surface area contributed by atoms with Crippen molar-refractivity contribution < 1.29 is 22.5 Å². The molecule has 10 heteroatoms. The summed E-state index contributed by atoms with van der Waals surface area (Å²) in [7, 11) is -2.39. The summed E-state index contributed by atoms with van der Waals surface area (Å²) < 4.78 is 34.2. The summed E-state index contributed by atoms with van der Waals surface area (Å²) >= 11 is 0. The normalized spacial score (nSPS) is 12.3. The summed E-state index contributed by atoms with van der Waals surface area (Å²) in [5.41, 5.74) is 3.28. The van der Waals surface area contributed by atoms with E-state index < -0.39 is 16.1 Å². The number of nitrogens with zero attached hydrogens (tertiary/aromatic N) is 2. The van der Waals surface area contributed by atoms with Crippen molar-refractivity contribution in [3.05, 3.63) is 65.4 Å². The van der Waals surface area contributed by atoms with Crippen LogP contribution in [0.5, 0.6) is 0 Å². The number of likely N-dealkylation sites (N-methyl/N-ethyl adjacent to an activating group) is 1. The van der Waals surface area contributed by atoms with Gasteiger partial charge in [-0.25, -0.2) is 13.1 Å². The highest BCUT2D eigenvalue weighted by Crippen LogP contribution is 2.30. The molecular weight excluding hydrogens is 516 g/mol. The number of carbonyl (C=O) groups is 2. The van der Waals surface area contributed by atoms with Gasteiger partial charge in [-0.05, 0) is 43.4 Å². The number of amides is 2. The van der Waals surface area contributed by atoms with Gasteiger partial charge in [0.05, 0.1) is 10.6 Å². The number of unbranched alkanes of at least 4 members (excludes halogenated alkanes) is 1. The molecule has 0 bridgehead atoms. The van der Waals surface area contributed by atoms with Crippen LogP contribution in [0.25, 0.3) is 11.1 Å². The van der Waals surface area contributed by atoms with Gasteiger partial charge in [0.1, 0.15) is 6.04 Å². The molecule has 0 unspecified atom stereocenters. The van der Waals surface area contributed by atoms with Gasteiger partial charge in [0, 0.05) is 31.1 Å². The average Bonchev–Trinajstić information content (AvgIpc) is 3.23. The standard InChI is InChI=1S/C29H38N4O5S/c1-7-8-13-26(34)33(27(19(2)3)28(35)30-6)18-22-14-16-23(17-15-22)24-11-9-10-12-25(24)39(36,37)32-29-20(4)21(5)31-38-29/h9-12,14-17,19,27,32H,7-8,13,18H2,1-6H3,(H,30,35)/t27-/m0/s1. The zero-order valence-electron chi connectivity index (χ0n) is 23.4. The molecule has 1 atom stereocenters. The Morgan fingerprint density at radius 1 is 1.05 bits per heavy atom. The summed E-state index contributed by atoms with van der Waals surface area (Å²) in [5.74, 6) is -0.253. The second kappa shape index (κ2) is 12.9. The molecule has 0 aliphatic carbocycles. The molecule has 2 N–H and O–H groups in total. The Bertz CT molecular complexity index is 1400. The first-order valence-corrected chi connectivity index (χ1v) is 14.6. The molecule has 3 rings (SSSR count). The van der Waals surface area contributed by atoms with Crippen LogP contribution >= 0.6 is 0 Å². The molecule has 3 aromatic rings. The van der Waals surface area contributed by atoms with E-state index in [4.69, 9.17) is 4.52 Å². The molecule has 0 fully saturated rings. The molecule has 2 amide bonds. The minimum atomic E-state index is -3.96. The highest BCUT2D eigenvalue weighted by Gasteiger charge is 2.31. The molecule has 210 valence electrons. The lowest BCUT2D eigenvalue weighted by Gasteiger charge is -2.33. The van der Waals surface area contributed by atoms with Crippen LogP contribution in [0.4, 0.5) is 5.88 Å². The highest BCUT2D eigenvalue weighted by atomic mass is 32.2. The van der Waals surface area contributed by atoms with E-state index in [0.29, 0.717) is 28.8 Å². The van der Waals surface area contributed by atoms with Gasteiger partial charge in [0.2, 0.25) is 17.7 Å². The van der Waals surface area contributed by atoms with Crippen molar-refractivity contribution in [1.29, 1.82) is 0 Å².